The number of carbonyl (C=O) groups excluding carboxylic acids is 1. The number of nitrogens with one attached hydrogen (secondary N) is 1. The van der Waals surface area contributed by atoms with E-state index in [9.17, 15) is 4.79 Å². The van der Waals surface area contributed by atoms with Crippen molar-refractivity contribution in [3.05, 3.63) is 12.3 Å². The number of thioether (sulfide) groups is 1. The molecule has 0 unspecified atom stereocenters. The molecule has 23 heavy (non-hydrogen) atoms. The van der Waals surface area contributed by atoms with E-state index in [1.54, 1.807) is 6.20 Å². The van der Waals surface area contributed by atoms with Crippen molar-refractivity contribution in [1.29, 1.82) is 0 Å². The van der Waals surface area contributed by atoms with Crippen LogP contribution in [0, 0.1) is 5.41 Å². The van der Waals surface area contributed by atoms with E-state index in [1.807, 2.05) is 19.2 Å². The second-order valence-corrected chi connectivity index (χ2v) is 6.87. The molecular weight excluding hydrogens is 312 g/mol. The highest BCUT2D eigenvalue weighted by molar-refractivity contribution is 7.98. The van der Waals surface area contributed by atoms with E-state index in [4.69, 9.17) is 4.74 Å². The number of rotatable bonds is 4. The summed E-state index contributed by atoms with van der Waals surface area (Å²) in [5.74, 6) is 0.832. The fourth-order valence-electron chi connectivity index (χ4n) is 3.71. The molecule has 0 aromatic carbocycles. The third kappa shape index (κ3) is 3.17. The van der Waals surface area contributed by atoms with E-state index >= 15 is 0 Å². The summed E-state index contributed by atoms with van der Waals surface area (Å²) in [6.07, 6.45) is 6.56. The van der Waals surface area contributed by atoms with Crippen LogP contribution in [0.4, 0.5) is 5.82 Å². The van der Waals surface area contributed by atoms with Gasteiger partial charge in [-0.05, 0) is 45.1 Å². The van der Waals surface area contributed by atoms with Crippen LogP contribution in [0.2, 0.25) is 0 Å². The minimum absolute atomic E-state index is 0.0685. The van der Waals surface area contributed by atoms with Crippen molar-refractivity contribution in [2.75, 3.05) is 37.4 Å². The average Bonchev–Trinajstić information content (AvgIpc) is 2.61. The number of fused-ring (bicyclic) bond motifs is 1. The van der Waals surface area contributed by atoms with Crippen LogP contribution in [-0.2, 0) is 9.53 Å². The van der Waals surface area contributed by atoms with Crippen LogP contribution in [0.5, 0.6) is 0 Å². The van der Waals surface area contributed by atoms with Crippen LogP contribution in [0.1, 0.15) is 26.2 Å². The molecular formula is C16H24N4O2S. The Bertz CT molecular complexity index is 571. The lowest BCUT2D eigenvalue weighted by Crippen LogP contribution is -2.63. The monoisotopic (exact) mass is 336 g/mol. The van der Waals surface area contributed by atoms with E-state index in [1.165, 1.54) is 11.8 Å². The smallest absolute Gasteiger partial charge is 0.315 e. The summed E-state index contributed by atoms with van der Waals surface area (Å²) in [6, 6.07) is 2.13. The largest absolute Gasteiger partial charge is 0.465 e. The van der Waals surface area contributed by atoms with Crippen LogP contribution in [0.25, 0.3) is 0 Å². The van der Waals surface area contributed by atoms with Crippen molar-refractivity contribution in [2.45, 2.75) is 37.4 Å². The van der Waals surface area contributed by atoms with Crippen molar-refractivity contribution in [3.63, 3.8) is 0 Å². The Morgan fingerprint density at radius 1 is 1.61 bits per heavy atom. The first-order chi connectivity index (χ1) is 11.2. The van der Waals surface area contributed by atoms with E-state index in [0.29, 0.717) is 13.2 Å². The zero-order valence-electron chi connectivity index (χ0n) is 13.7. The maximum Gasteiger partial charge on any atom is 0.315 e. The molecule has 2 atom stereocenters. The summed E-state index contributed by atoms with van der Waals surface area (Å²) in [7, 11) is 0. The lowest BCUT2D eigenvalue weighted by atomic mass is 9.70. The average molecular weight is 336 g/mol. The minimum Gasteiger partial charge on any atom is -0.465 e. The number of ether oxygens (including phenoxy) is 1. The summed E-state index contributed by atoms with van der Waals surface area (Å²) in [5, 5.41) is 4.29. The first-order valence-electron chi connectivity index (χ1n) is 8.22. The van der Waals surface area contributed by atoms with Gasteiger partial charge in [-0.25, -0.2) is 9.97 Å². The van der Waals surface area contributed by atoms with Gasteiger partial charge < -0.3 is 15.0 Å². The van der Waals surface area contributed by atoms with Crippen LogP contribution in [0.15, 0.2) is 17.4 Å². The summed E-state index contributed by atoms with van der Waals surface area (Å²) < 4.78 is 5.43. The normalized spacial score (nSPS) is 27.4. The molecule has 1 N–H and O–H groups in total. The number of piperidine rings is 2. The minimum atomic E-state index is -0.461. The van der Waals surface area contributed by atoms with Crippen molar-refractivity contribution in [3.8, 4) is 0 Å². The standard InChI is InChI=1S/C16H24N4O2S/c1-3-22-14(21)16-7-4-8-17-12(16)6-10-20(11-16)13-5-9-18-15(19-13)23-2/h5,9,12,17H,3-4,6-8,10-11H2,1-2H3/t12-,16+/m1/s1. The molecule has 0 amide bonds. The number of nitrogens with zero attached hydrogens (tertiary/aromatic N) is 3. The first kappa shape index (κ1) is 16.5. The van der Waals surface area contributed by atoms with Gasteiger partial charge in [0, 0.05) is 25.3 Å². The second-order valence-electron chi connectivity index (χ2n) is 6.10. The van der Waals surface area contributed by atoms with Crippen LogP contribution < -0.4 is 10.2 Å². The summed E-state index contributed by atoms with van der Waals surface area (Å²) in [6.45, 7) is 4.83. The van der Waals surface area contributed by atoms with Gasteiger partial charge in [-0.1, -0.05) is 11.8 Å². The van der Waals surface area contributed by atoms with E-state index in [0.717, 1.165) is 43.3 Å². The van der Waals surface area contributed by atoms with Crippen LogP contribution in [-0.4, -0.2) is 54.5 Å². The maximum absolute atomic E-state index is 12.7. The van der Waals surface area contributed by atoms with Gasteiger partial charge in [-0.2, -0.15) is 0 Å². The zero-order chi connectivity index (χ0) is 16.3. The SMILES string of the molecule is CCOC(=O)[C@]12CCCN[C@@H]1CCN(c1ccnc(SC)n1)C2. The number of carbonyl (C=O) groups is 1. The molecule has 126 valence electrons. The lowest BCUT2D eigenvalue weighted by molar-refractivity contribution is -0.159. The van der Waals surface area contributed by atoms with Crippen LogP contribution in [0.3, 0.4) is 0 Å². The van der Waals surface area contributed by atoms with Crippen molar-refractivity contribution < 1.29 is 9.53 Å². The number of anilines is 1. The Labute approximate surface area is 141 Å². The molecule has 0 aliphatic carbocycles. The van der Waals surface area contributed by atoms with Gasteiger partial charge in [0.15, 0.2) is 5.16 Å². The van der Waals surface area contributed by atoms with E-state index in [2.05, 4.69) is 20.2 Å². The molecule has 3 heterocycles. The first-order valence-corrected chi connectivity index (χ1v) is 9.44. The van der Waals surface area contributed by atoms with Gasteiger partial charge in [0.2, 0.25) is 0 Å². The molecule has 1 aromatic heterocycles. The molecule has 2 saturated heterocycles. The summed E-state index contributed by atoms with van der Waals surface area (Å²) in [5.41, 5.74) is -0.461. The molecule has 0 radical (unpaired) electrons. The third-order valence-corrected chi connectivity index (χ3v) is 5.39. The molecule has 6 nitrogen and oxygen atoms in total. The molecule has 2 aliphatic rings. The van der Waals surface area contributed by atoms with Gasteiger partial charge in [0.05, 0.1) is 6.61 Å². The van der Waals surface area contributed by atoms with Gasteiger partial charge in [0.25, 0.3) is 0 Å². The fourth-order valence-corrected chi connectivity index (χ4v) is 4.06. The predicted molar refractivity (Wildman–Crippen MR) is 90.7 cm³/mol. The maximum atomic E-state index is 12.7. The highest BCUT2D eigenvalue weighted by Gasteiger charge is 2.51. The summed E-state index contributed by atoms with van der Waals surface area (Å²) in [4.78, 5) is 23.8. The van der Waals surface area contributed by atoms with E-state index in [-0.39, 0.29) is 12.0 Å². The molecule has 2 fully saturated rings. The Morgan fingerprint density at radius 2 is 2.48 bits per heavy atom. The Morgan fingerprint density at radius 3 is 3.26 bits per heavy atom. The highest BCUT2D eigenvalue weighted by Crippen LogP contribution is 2.40. The Kier molecular flexibility index (Phi) is 5.06. The number of aromatic nitrogens is 2. The van der Waals surface area contributed by atoms with E-state index < -0.39 is 5.41 Å². The van der Waals surface area contributed by atoms with Crippen molar-refractivity contribution in [1.82, 2.24) is 15.3 Å². The zero-order valence-corrected chi connectivity index (χ0v) is 14.6. The van der Waals surface area contributed by atoms with Gasteiger partial charge in [0.1, 0.15) is 11.2 Å². The molecule has 2 aliphatic heterocycles. The summed E-state index contributed by atoms with van der Waals surface area (Å²) >= 11 is 1.53. The number of esters is 1. The molecule has 0 bridgehead atoms. The van der Waals surface area contributed by atoms with Gasteiger partial charge in [-0.3, -0.25) is 4.79 Å². The predicted octanol–water partition coefficient (Wildman–Crippen LogP) is 1.71. The number of hydrogen-bond donors (Lipinski definition) is 1. The highest BCUT2D eigenvalue weighted by atomic mass is 32.2. The quantitative estimate of drug-likeness (QED) is 0.510. The second kappa shape index (κ2) is 7.05. The Balaban J connectivity index is 1.86. The number of hydrogen-bond acceptors (Lipinski definition) is 7. The van der Waals surface area contributed by atoms with Crippen molar-refractivity contribution in [2.24, 2.45) is 5.41 Å². The molecule has 1 aromatic rings. The molecule has 7 heteroatoms. The molecule has 0 saturated carbocycles. The fraction of sp³-hybridized carbons (Fsp3) is 0.688. The third-order valence-electron chi connectivity index (χ3n) is 4.83. The van der Waals surface area contributed by atoms with Crippen LogP contribution >= 0.6 is 11.8 Å². The van der Waals surface area contributed by atoms with Gasteiger partial charge in [-0.15, -0.1) is 0 Å². The topological polar surface area (TPSA) is 67.3 Å². The molecule has 3 rings (SSSR count). The lowest BCUT2D eigenvalue weighted by Gasteiger charge is -2.49. The Hall–Kier alpha value is -1.34. The van der Waals surface area contributed by atoms with Gasteiger partial charge >= 0.3 is 5.97 Å². The molecule has 0 spiro atoms. The van der Waals surface area contributed by atoms with Crippen molar-refractivity contribution >= 4 is 23.5 Å².